The monoisotopic (exact) mass is 193 g/mol. The molecule has 3 nitrogen and oxygen atoms in total. The van der Waals surface area contributed by atoms with E-state index in [4.69, 9.17) is 0 Å². The van der Waals surface area contributed by atoms with E-state index in [9.17, 15) is 0 Å². The van der Waals surface area contributed by atoms with Crippen LogP contribution in [0.2, 0.25) is 0 Å². The normalized spacial score (nSPS) is 10.8. The number of benzene rings is 1. The highest BCUT2D eigenvalue weighted by atomic mass is 32.2. The van der Waals surface area contributed by atoms with Gasteiger partial charge in [-0.1, -0.05) is 13.0 Å². The molecule has 0 unspecified atom stereocenters. The van der Waals surface area contributed by atoms with Gasteiger partial charge in [-0.15, -0.1) is 11.8 Å². The fourth-order valence-electron chi connectivity index (χ4n) is 1.17. The first-order valence-electron chi connectivity index (χ1n) is 4.34. The molecule has 0 radical (unpaired) electrons. The lowest BCUT2D eigenvalue weighted by atomic mass is 10.3. The highest BCUT2D eigenvalue weighted by Crippen LogP contribution is 2.25. The van der Waals surface area contributed by atoms with Gasteiger partial charge < -0.3 is 0 Å². The summed E-state index contributed by atoms with van der Waals surface area (Å²) in [6.07, 6.45) is 1.18. The number of aromatic amines is 1. The number of rotatable bonds is 3. The van der Waals surface area contributed by atoms with Crippen molar-refractivity contribution in [3.63, 3.8) is 0 Å². The lowest BCUT2D eigenvalue weighted by Crippen LogP contribution is -1.78. The third-order valence-corrected chi connectivity index (χ3v) is 3.02. The predicted molar refractivity (Wildman–Crippen MR) is 54.9 cm³/mol. The Morgan fingerprint density at radius 2 is 2.31 bits per heavy atom. The summed E-state index contributed by atoms with van der Waals surface area (Å²) in [6, 6.07) is 6.07. The van der Waals surface area contributed by atoms with Gasteiger partial charge in [-0.3, -0.25) is 0 Å². The molecule has 0 bridgehead atoms. The van der Waals surface area contributed by atoms with Crippen molar-refractivity contribution in [3.05, 3.63) is 18.2 Å². The summed E-state index contributed by atoms with van der Waals surface area (Å²) in [5, 5.41) is 10.8. The molecular formula is C9H11N3S. The number of hydrogen-bond donors (Lipinski definition) is 1. The third kappa shape index (κ3) is 1.67. The Balaban J connectivity index is 2.37. The van der Waals surface area contributed by atoms with Crippen LogP contribution in [-0.2, 0) is 0 Å². The van der Waals surface area contributed by atoms with Crippen LogP contribution in [0.4, 0.5) is 0 Å². The van der Waals surface area contributed by atoms with Crippen LogP contribution < -0.4 is 0 Å². The number of hydrogen-bond acceptors (Lipinski definition) is 3. The second-order valence-electron chi connectivity index (χ2n) is 2.80. The first-order valence-corrected chi connectivity index (χ1v) is 5.32. The zero-order valence-electron chi connectivity index (χ0n) is 7.45. The summed E-state index contributed by atoms with van der Waals surface area (Å²) in [6.45, 7) is 2.18. The smallest absolute Gasteiger partial charge is 0.126 e. The van der Waals surface area contributed by atoms with E-state index in [-0.39, 0.29) is 0 Å². The summed E-state index contributed by atoms with van der Waals surface area (Å²) in [4.78, 5) is 1.22. The fourth-order valence-corrected chi connectivity index (χ4v) is 2.06. The maximum atomic E-state index is 4.11. The van der Waals surface area contributed by atoms with Crippen LogP contribution in [0.25, 0.3) is 11.0 Å². The summed E-state index contributed by atoms with van der Waals surface area (Å²) in [5.74, 6) is 1.13. The molecule has 68 valence electrons. The average molecular weight is 193 g/mol. The molecule has 1 aromatic carbocycles. The molecule has 0 aliphatic heterocycles. The molecule has 2 aromatic rings. The molecule has 13 heavy (non-hydrogen) atoms. The van der Waals surface area contributed by atoms with Crippen LogP contribution in [-0.4, -0.2) is 21.2 Å². The topological polar surface area (TPSA) is 41.6 Å². The average Bonchev–Trinajstić information content (AvgIpc) is 2.62. The van der Waals surface area contributed by atoms with Crippen molar-refractivity contribution in [3.8, 4) is 0 Å². The molecule has 0 fully saturated rings. The van der Waals surface area contributed by atoms with E-state index in [1.165, 1.54) is 11.3 Å². The first-order chi connectivity index (χ1) is 6.42. The number of para-hydroxylation sites is 1. The SMILES string of the molecule is CCCSc1cccc2n[nH]nc12. The van der Waals surface area contributed by atoms with E-state index in [1.54, 1.807) is 0 Å². The van der Waals surface area contributed by atoms with Gasteiger partial charge in [0.2, 0.25) is 0 Å². The highest BCUT2D eigenvalue weighted by molar-refractivity contribution is 7.99. The quantitative estimate of drug-likeness (QED) is 0.761. The van der Waals surface area contributed by atoms with Gasteiger partial charge in [0.1, 0.15) is 11.0 Å². The van der Waals surface area contributed by atoms with Gasteiger partial charge in [0.25, 0.3) is 0 Å². The Morgan fingerprint density at radius 1 is 1.38 bits per heavy atom. The maximum Gasteiger partial charge on any atom is 0.126 e. The Hall–Kier alpha value is -1.03. The van der Waals surface area contributed by atoms with Crippen molar-refractivity contribution in [1.29, 1.82) is 0 Å². The lowest BCUT2D eigenvalue weighted by molar-refractivity contribution is 0.957. The van der Waals surface area contributed by atoms with Crippen molar-refractivity contribution >= 4 is 22.8 Å². The summed E-state index contributed by atoms with van der Waals surface area (Å²) < 4.78 is 0. The molecular weight excluding hydrogens is 182 g/mol. The molecule has 0 atom stereocenters. The second kappa shape index (κ2) is 3.79. The molecule has 1 heterocycles. The zero-order valence-corrected chi connectivity index (χ0v) is 8.27. The van der Waals surface area contributed by atoms with Crippen LogP contribution in [0.5, 0.6) is 0 Å². The zero-order chi connectivity index (χ0) is 9.10. The van der Waals surface area contributed by atoms with E-state index in [0.717, 1.165) is 16.8 Å². The molecule has 0 aliphatic carbocycles. The number of nitrogens with zero attached hydrogens (tertiary/aromatic N) is 2. The van der Waals surface area contributed by atoms with Crippen molar-refractivity contribution in [2.24, 2.45) is 0 Å². The highest BCUT2D eigenvalue weighted by Gasteiger charge is 2.03. The van der Waals surface area contributed by atoms with Gasteiger partial charge in [-0.2, -0.15) is 15.4 Å². The van der Waals surface area contributed by atoms with Crippen molar-refractivity contribution in [2.75, 3.05) is 5.75 Å². The van der Waals surface area contributed by atoms with Gasteiger partial charge in [-0.25, -0.2) is 0 Å². The molecule has 0 amide bonds. The van der Waals surface area contributed by atoms with Crippen LogP contribution in [0.15, 0.2) is 23.1 Å². The minimum atomic E-state index is 0.945. The molecule has 0 spiro atoms. The van der Waals surface area contributed by atoms with E-state index in [2.05, 4.69) is 28.4 Å². The van der Waals surface area contributed by atoms with E-state index >= 15 is 0 Å². The lowest BCUT2D eigenvalue weighted by Gasteiger charge is -1.98. The number of H-pyrrole nitrogens is 1. The van der Waals surface area contributed by atoms with E-state index < -0.39 is 0 Å². The molecule has 0 saturated heterocycles. The molecule has 1 N–H and O–H groups in total. The molecule has 4 heteroatoms. The number of thioether (sulfide) groups is 1. The fraction of sp³-hybridized carbons (Fsp3) is 0.333. The number of aromatic nitrogens is 3. The number of nitrogens with one attached hydrogen (secondary N) is 1. The largest absolute Gasteiger partial charge is 0.197 e. The maximum absolute atomic E-state index is 4.11. The van der Waals surface area contributed by atoms with Gasteiger partial charge >= 0.3 is 0 Å². The van der Waals surface area contributed by atoms with Crippen molar-refractivity contribution < 1.29 is 0 Å². The second-order valence-corrected chi connectivity index (χ2v) is 3.93. The third-order valence-electron chi connectivity index (χ3n) is 1.77. The van der Waals surface area contributed by atoms with Gasteiger partial charge in [-0.05, 0) is 24.3 Å². The Kier molecular flexibility index (Phi) is 2.49. The summed E-state index contributed by atoms with van der Waals surface area (Å²) in [7, 11) is 0. The van der Waals surface area contributed by atoms with Crippen LogP contribution >= 0.6 is 11.8 Å². The van der Waals surface area contributed by atoms with Crippen LogP contribution in [0.3, 0.4) is 0 Å². The Bertz CT molecular complexity index is 396. The van der Waals surface area contributed by atoms with Gasteiger partial charge in [0.15, 0.2) is 0 Å². The predicted octanol–water partition coefficient (Wildman–Crippen LogP) is 2.46. The van der Waals surface area contributed by atoms with Gasteiger partial charge in [0, 0.05) is 4.90 Å². The first kappa shape index (κ1) is 8.56. The molecule has 0 saturated carbocycles. The molecule has 1 aromatic heterocycles. The summed E-state index contributed by atoms with van der Waals surface area (Å²) >= 11 is 1.83. The molecule has 2 rings (SSSR count). The Labute approximate surface area is 80.9 Å². The Morgan fingerprint density at radius 3 is 3.15 bits per heavy atom. The van der Waals surface area contributed by atoms with Crippen molar-refractivity contribution in [2.45, 2.75) is 18.2 Å². The van der Waals surface area contributed by atoms with Gasteiger partial charge in [0.05, 0.1) is 0 Å². The number of fused-ring (bicyclic) bond motifs is 1. The van der Waals surface area contributed by atoms with E-state index in [0.29, 0.717) is 0 Å². The van der Waals surface area contributed by atoms with E-state index in [1.807, 2.05) is 23.9 Å². The van der Waals surface area contributed by atoms with Crippen LogP contribution in [0.1, 0.15) is 13.3 Å². The minimum Gasteiger partial charge on any atom is -0.197 e. The van der Waals surface area contributed by atoms with Crippen molar-refractivity contribution in [1.82, 2.24) is 15.4 Å². The molecule has 0 aliphatic rings. The standard InChI is InChI=1S/C9H11N3S/c1-2-6-13-8-5-3-4-7-9(8)11-12-10-7/h3-5H,2,6H2,1H3,(H,10,11,12). The van der Waals surface area contributed by atoms with Crippen LogP contribution in [0, 0.1) is 0 Å². The summed E-state index contributed by atoms with van der Waals surface area (Å²) in [5.41, 5.74) is 1.93. The minimum absolute atomic E-state index is 0.945.